The van der Waals surface area contributed by atoms with Crippen molar-refractivity contribution in [2.45, 2.75) is 20.0 Å². The molecule has 21 heavy (non-hydrogen) atoms. The maximum absolute atomic E-state index is 12.2. The van der Waals surface area contributed by atoms with Crippen LogP contribution in [0.3, 0.4) is 0 Å². The standard InChI is InChI=1S/C12H13N7OS/c1-2-19-6-16-17-8(19)5-14-11(20)10-9(13)7-3-4-15-18-12(7)21-10/h3-4,6H,2,5,13H2,1H3,(H,14,20). The first-order valence-corrected chi connectivity index (χ1v) is 7.17. The fraction of sp³-hybridized carbons (Fsp3) is 0.250. The van der Waals surface area contributed by atoms with Crippen molar-refractivity contribution < 1.29 is 4.79 Å². The first kappa shape index (κ1) is 13.4. The number of thiophene rings is 1. The zero-order valence-corrected chi connectivity index (χ0v) is 12.1. The molecule has 3 heterocycles. The van der Waals surface area contributed by atoms with E-state index in [-0.39, 0.29) is 5.91 Å². The number of amides is 1. The second-order valence-corrected chi connectivity index (χ2v) is 5.31. The van der Waals surface area contributed by atoms with Crippen molar-refractivity contribution in [3.63, 3.8) is 0 Å². The minimum Gasteiger partial charge on any atom is -0.397 e. The number of carbonyl (C=O) groups excluding carboxylic acids is 1. The van der Waals surface area contributed by atoms with E-state index >= 15 is 0 Å². The predicted octanol–water partition coefficient (Wildman–Crippen LogP) is 0.815. The van der Waals surface area contributed by atoms with Gasteiger partial charge in [0.2, 0.25) is 0 Å². The zero-order chi connectivity index (χ0) is 14.8. The van der Waals surface area contributed by atoms with Gasteiger partial charge in [-0.3, -0.25) is 4.79 Å². The fourth-order valence-electron chi connectivity index (χ4n) is 1.96. The molecule has 0 atom stereocenters. The monoisotopic (exact) mass is 303 g/mol. The van der Waals surface area contributed by atoms with Gasteiger partial charge in [0.25, 0.3) is 5.91 Å². The Morgan fingerprint density at radius 2 is 2.29 bits per heavy atom. The summed E-state index contributed by atoms with van der Waals surface area (Å²) in [5.74, 6) is 0.450. The summed E-state index contributed by atoms with van der Waals surface area (Å²) < 4.78 is 1.86. The van der Waals surface area contributed by atoms with Crippen LogP contribution in [0.2, 0.25) is 0 Å². The van der Waals surface area contributed by atoms with Crippen LogP contribution in [0, 0.1) is 0 Å². The second-order valence-electron chi connectivity index (χ2n) is 4.31. The average Bonchev–Trinajstić information content (AvgIpc) is 3.09. The van der Waals surface area contributed by atoms with Gasteiger partial charge in [-0.1, -0.05) is 0 Å². The first-order chi connectivity index (χ1) is 10.2. The minimum absolute atomic E-state index is 0.249. The van der Waals surface area contributed by atoms with Crippen LogP contribution < -0.4 is 11.1 Å². The molecule has 0 spiro atoms. The van der Waals surface area contributed by atoms with Crippen LogP contribution in [0.5, 0.6) is 0 Å². The summed E-state index contributed by atoms with van der Waals surface area (Å²) in [4.78, 5) is 13.3. The van der Waals surface area contributed by atoms with Crippen molar-refractivity contribution in [2.75, 3.05) is 5.73 Å². The number of fused-ring (bicyclic) bond motifs is 1. The van der Waals surface area contributed by atoms with E-state index in [0.717, 1.165) is 11.9 Å². The van der Waals surface area contributed by atoms with E-state index in [1.807, 2.05) is 11.5 Å². The van der Waals surface area contributed by atoms with Gasteiger partial charge in [-0.15, -0.1) is 26.6 Å². The molecule has 8 nitrogen and oxygen atoms in total. The normalized spacial score (nSPS) is 10.9. The summed E-state index contributed by atoms with van der Waals surface area (Å²) >= 11 is 1.23. The third-order valence-corrected chi connectivity index (χ3v) is 4.17. The van der Waals surface area contributed by atoms with E-state index < -0.39 is 0 Å². The van der Waals surface area contributed by atoms with E-state index in [1.54, 1.807) is 18.6 Å². The summed E-state index contributed by atoms with van der Waals surface area (Å²) in [6.45, 7) is 3.03. The summed E-state index contributed by atoms with van der Waals surface area (Å²) in [6, 6.07) is 1.75. The Labute approximate surface area is 124 Å². The molecular formula is C12H13N7OS. The lowest BCUT2D eigenvalue weighted by atomic mass is 10.3. The Kier molecular flexibility index (Phi) is 3.48. The molecule has 0 aliphatic rings. The number of nitrogens with two attached hydrogens (primary N) is 1. The van der Waals surface area contributed by atoms with Crippen LogP contribution in [0.15, 0.2) is 18.6 Å². The SMILES string of the molecule is CCn1cnnc1CNC(=O)c1sc2nnccc2c1N. The van der Waals surface area contributed by atoms with Crippen molar-refractivity contribution in [2.24, 2.45) is 0 Å². The molecule has 0 bridgehead atoms. The molecule has 3 N–H and O–H groups in total. The molecule has 3 aromatic rings. The van der Waals surface area contributed by atoms with Crippen LogP contribution >= 0.6 is 11.3 Å². The lowest BCUT2D eigenvalue weighted by Gasteiger charge is -2.05. The van der Waals surface area contributed by atoms with Crippen LogP contribution in [0.1, 0.15) is 22.4 Å². The van der Waals surface area contributed by atoms with E-state index in [0.29, 0.717) is 27.8 Å². The van der Waals surface area contributed by atoms with Gasteiger partial charge >= 0.3 is 0 Å². The smallest absolute Gasteiger partial charge is 0.263 e. The molecule has 0 aliphatic heterocycles. The molecule has 3 rings (SSSR count). The molecule has 0 saturated heterocycles. The highest BCUT2D eigenvalue weighted by atomic mass is 32.1. The molecule has 1 amide bonds. The third-order valence-electron chi connectivity index (χ3n) is 3.07. The van der Waals surface area contributed by atoms with Gasteiger partial charge in [0.1, 0.15) is 16.0 Å². The number of rotatable bonds is 4. The molecule has 0 saturated carbocycles. The van der Waals surface area contributed by atoms with Crippen molar-refractivity contribution in [3.05, 3.63) is 29.3 Å². The van der Waals surface area contributed by atoms with Gasteiger partial charge in [-0.2, -0.15) is 5.10 Å². The number of anilines is 1. The number of nitrogen functional groups attached to an aromatic ring is 1. The number of nitrogens with one attached hydrogen (secondary N) is 1. The molecule has 9 heteroatoms. The summed E-state index contributed by atoms with van der Waals surface area (Å²) in [5.41, 5.74) is 6.42. The van der Waals surface area contributed by atoms with Gasteiger partial charge in [-0.05, 0) is 13.0 Å². The Hall–Kier alpha value is -2.55. The van der Waals surface area contributed by atoms with E-state index in [1.165, 1.54) is 11.3 Å². The fourth-order valence-corrected chi connectivity index (χ4v) is 2.92. The van der Waals surface area contributed by atoms with Crippen molar-refractivity contribution in [1.29, 1.82) is 0 Å². The maximum atomic E-state index is 12.2. The molecular weight excluding hydrogens is 290 g/mol. The molecule has 0 aliphatic carbocycles. The van der Waals surface area contributed by atoms with Crippen LogP contribution in [-0.2, 0) is 13.1 Å². The minimum atomic E-state index is -0.249. The predicted molar refractivity (Wildman–Crippen MR) is 78.7 cm³/mol. The van der Waals surface area contributed by atoms with Crippen LogP contribution in [0.4, 0.5) is 5.69 Å². The van der Waals surface area contributed by atoms with Gasteiger partial charge in [0.05, 0.1) is 18.4 Å². The van der Waals surface area contributed by atoms with E-state index in [2.05, 4.69) is 25.7 Å². The highest BCUT2D eigenvalue weighted by Crippen LogP contribution is 2.31. The van der Waals surface area contributed by atoms with Gasteiger partial charge in [0.15, 0.2) is 5.82 Å². The van der Waals surface area contributed by atoms with Crippen molar-refractivity contribution in [1.82, 2.24) is 30.3 Å². The summed E-state index contributed by atoms with van der Waals surface area (Å²) in [7, 11) is 0. The summed E-state index contributed by atoms with van der Waals surface area (Å²) in [5, 5.41) is 19.1. The quantitative estimate of drug-likeness (QED) is 0.738. The lowest BCUT2D eigenvalue weighted by Crippen LogP contribution is -2.24. The zero-order valence-electron chi connectivity index (χ0n) is 11.3. The number of aromatic nitrogens is 5. The third kappa shape index (κ3) is 2.42. The Bertz CT molecular complexity index is 794. The number of nitrogens with zero attached hydrogens (tertiary/aromatic N) is 5. The highest BCUT2D eigenvalue weighted by Gasteiger charge is 2.17. The Morgan fingerprint density at radius 1 is 1.43 bits per heavy atom. The van der Waals surface area contributed by atoms with E-state index in [9.17, 15) is 4.79 Å². The van der Waals surface area contributed by atoms with Crippen LogP contribution in [-0.4, -0.2) is 30.9 Å². The average molecular weight is 303 g/mol. The number of hydrogen-bond acceptors (Lipinski definition) is 7. The summed E-state index contributed by atoms with van der Waals surface area (Å²) in [6.07, 6.45) is 3.18. The van der Waals surface area contributed by atoms with Crippen molar-refractivity contribution >= 4 is 33.1 Å². The van der Waals surface area contributed by atoms with E-state index in [4.69, 9.17) is 5.73 Å². The highest BCUT2D eigenvalue weighted by molar-refractivity contribution is 7.21. The number of aryl methyl sites for hydroxylation is 1. The lowest BCUT2D eigenvalue weighted by molar-refractivity contribution is 0.0954. The largest absolute Gasteiger partial charge is 0.397 e. The Morgan fingerprint density at radius 3 is 3.05 bits per heavy atom. The maximum Gasteiger partial charge on any atom is 0.263 e. The van der Waals surface area contributed by atoms with Crippen LogP contribution in [0.25, 0.3) is 10.2 Å². The van der Waals surface area contributed by atoms with Gasteiger partial charge < -0.3 is 15.6 Å². The Balaban J connectivity index is 1.80. The van der Waals surface area contributed by atoms with Crippen molar-refractivity contribution in [3.8, 4) is 0 Å². The van der Waals surface area contributed by atoms with Gasteiger partial charge in [-0.25, -0.2) is 0 Å². The second kappa shape index (κ2) is 5.44. The topological polar surface area (TPSA) is 112 Å². The molecule has 0 unspecified atom stereocenters. The van der Waals surface area contributed by atoms with Gasteiger partial charge in [0, 0.05) is 11.9 Å². The molecule has 0 fully saturated rings. The molecule has 108 valence electrons. The number of hydrogen-bond donors (Lipinski definition) is 2. The molecule has 0 aromatic carbocycles. The number of carbonyl (C=O) groups is 1. The molecule has 3 aromatic heterocycles. The molecule has 0 radical (unpaired) electrons. The first-order valence-electron chi connectivity index (χ1n) is 6.35.